The Kier molecular flexibility index (Phi) is 4.12. The minimum absolute atomic E-state index is 0.0293. The zero-order valence-corrected chi connectivity index (χ0v) is 12.1. The molecule has 0 bridgehead atoms. The summed E-state index contributed by atoms with van der Waals surface area (Å²) in [5.41, 5.74) is 7.98. The monoisotopic (exact) mass is 264 g/mol. The molecule has 2 heterocycles. The highest BCUT2D eigenvalue weighted by atomic mass is 16.2. The van der Waals surface area contributed by atoms with Crippen LogP contribution in [0.2, 0.25) is 0 Å². The molecule has 1 fully saturated rings. The van der Waals surface area contributed by atoms with Crippen LogP contribution in [0.3, 0.4) is 0 Å². The van der Waals surface area contributed by atoms with Crippen molar-refractivity contribution in [3.63, 3.8) is 0 Å². The van der Waals surface area contributed by atoms with Crippen molar-refractivity contribution in [1.82, 2.24) is 14.7 Å². The minimum atomic E-state index is 0.0293. The highest BCUT2D eigenvalue weighted by Crippen LogP contribution is 2.23. The number of aryl methyl sites for hydroxylation is 2. The van der Waals surface area contributed by atoms with Crippen molar-refractivity contribution >= 4 is 11.6 Å². The summed E-state index contributed by atoms with van der Waals surface area (Å²) in [7, 11) is 1.80. The second-order valence-electron chi connectivity index (χ2n) is 5.38. The van der Waals surface area contributed by atoms with Gasteiger partial charge in [-0.3, -0.25) is 9.48 Å². The van der Waals surface area contributed by atoms with Crippen LogP contribution in [-0.2, 0) is 13.5 Å². The zero-order chi connectivity index (χ0) is 14.0. The quantitative estimate of drug-likeness (QED) is 0.888. The fourth-order valence-corrected chi connectivity index (χ4v) is 2.82. The summed E-state index contributed by atoms with van der Waals surface area (Å²) in [6.45, 7) is 4.95. The number of rotatable bonds is 2. The van der Waals surface area contributed by atoms with Gasteiger partial charge in [-0.1, -0.05) is 19.8 Å². The molecule has 106 valence electrons. The van der Waals surface area contributed by atoms with Crippen LogP contribution in [0, 0.1) is 0 Å². The third-order valence-corrected chi connectivity index (χ3v) is 4.01. The van der Waals surface area contributed by atoms with Crippen molar-refractivity contribution in [1.29, 1.82) is 0 Å². The van der Waals surface area contributed by atoms with E-state index in [1.165, 1.54) is 12.8 Å². The predicted octanol–water partition coefficient (Wildman–Crippen LogP) is 1.97. The Morgan fingerprint density at radius 3 is 2.79 bits per heavy atom. The third kappa shape index (κ3) is 2.60. The molecule has 5 nitrogen and oxygen atoms in total. The van der Waals surface area contributed by atoms with Crippen LogP contribution in [0.5, 0.6) is 0 Å². The van der Waals surface area contributed by atoms with Gasteiger partial charge < -0.3 is 10.6 Å². The molecule has 0 aromatic carbocycles. The molecule has 0 aliphatic carbocycles. The first kappa shape index (κ1) is 13.9. The molecule has 1 atom stereocenters. The van der Waals surface area contributed by atoms with E-state index in [4.69, 9.17) is 5.73 Å². The summed E-state index contributed by atoms with van der Waals surface area (Å²) in [5, 5.41) is 4.34. The Morgan fingerprint density at radius 1 is 1.42 bits per heavy atom. The number of hydrogen-bond acceptors (Lipinski definition) is 3. The van der Waals surface area contributed by atoms with Gasteiger partial charge in [0.2, 0.25) is 0 Å². The van der Waals surface area contributed by atoms with Crippen molar-refractivity contribution in [2.45, 2.75) is 52.0 Å². The Bertz CT molecular complexity index is 466. The molecule has 1 aliphatic heterocycles. The van der Waals surface area contributed by atoms with E-state index in [1.807, 2.05) is 11.8 Å². The molecule has 1 aliphatic rings. The Balaban J connectivity index is 2.30. The summed E-state index contributed by atoms with van der Waals surface area (Å²) in [6.07, 6.45) is 5.31. The highest BCUT2D eigenvalue weighted by Gasteiger charge is 2.28. The van der Waals surface area contributed by atoms with Gasteiger partial charge >= 0.3 is 0 Å². The summed E-state index contributed by atoms with van der Waals surface area (Å²) >= 11 is 0. The fraction of sp³-hybridized carbons (Fsp3) is 0.714. The molecule has 0 spiro atoms. The van der Waals surface area contributed by atoms with E-state index in [1.54, 1.807) is 11.7 Å². The summed E-state index contributed by atoms with van der Waals surface area (Å²) in [5.74, 6) is 0.0293. The Hall–Kier alpha value is -1.52. The maximum Gasteiger partial charge on any atom is 0.274 e. The average molecular weight is 264 g/mol. The van der Waals surface area contributed by atoms with Crippen molar-refractivity contribution in [2.24, 2.45) is 7.05 Å². The normalized spacial score (nSPS) is 20.4. The predicted molar refractivity (Wildman–Crippen MR) is 76.0 cm³/mol. The number of carbonyl (C=O) groups is 1. The van der Waals surface area contributed by atoms with Gasteiger partial charge in [-0.2, -0.15) is 5.10 Å². The van der Waals surface area contributed by atoms with Gasteiger partial charge in [0.05, 0.1) is 11.4 Å². The van der Waals surface area contributed by atoms with E-state index >= 15 is 0 Å². The summed E-state index contributed by atoms with van der Waals surface area (Å²) < 4.78 is 1.63. The molecular weight excluding hydrogens is 240 g/mol. The van der Waals surface area contributed by atoms with Crippen LogP contribution in [-0.4, -0.2) is 33.2 Å². The Labute approximate surface area is 114 Å². The van der Waals surface area contributed by atoms with Crippen molar-refractivity contribution in [2.75, 3.05) is 12.3 Å². The molecule has 19 heavy (non-hydrogen) atoms. The highest BCUT2D eigenvalue weighted by molar-refractivity contribution is 5.98. The second kappa shape index (κ2) is 5.63. The molecule has 5 heteroatoms. The molecule has 2 N–H and O–H groups in total. The second-order valence-corrected chi connectivity index (χ2v) is 5.38. The van der Waals surface area contributed by atoms with Crippen LogP contribution in [0.1, 0.15) is 55.7 Å². The van der Waals surface area contributed by atoms with Crippen molar-refractivity contribution < 1.29 is 4.79 Å². The largest absolute Gasteiger partial charge is 0.395 e. The standard InChI is InChI=1S/C14H24N4O/c1-4-11-12(15)13(17(3)16-11)14(19)18-9-7-5-6-8-10(18)2/h10H,4-9,15H2,1-3H3. The van der Waals surface area contributed by atoms with Crippen molar-refractivity contribution in [3.8, 4) is 0 Å². The number of hydrogen-bond donors (Lipinski definition) is 1. The van der Waals surface area contributed by atoms with Crippen LogP contribution in [0.4, 0.5) is 5.69 Å². The number of anilines is 1. The molecule has 1 saturated heterocycles. The third-order valence-electron chi connectivity index (χ3n) is 4.01. The van der Waals surface area contributed by atoms with Gasteiger partial charge in [0, 0.05) is 19.6 Å². The van der Waals surface area contributed by atoms with E-state index < -0.39 is 0 Å². The first-order chi connectivity index (χ1) is 9.06. The number of likely N-dealkylation sites (tertiary alicyclic amines) is 1. The van der Waals surface area contributed by atoms with E-state index in [-0.39, 0.29) is 11.9 Å². The number of amides is 1. The molecule has 0 radical (unpaired) electrons. The van der Waals surface area contributed by atoms with E-state index in [0.717, 1.165) is 31.5 Å². The van der Waals surface area contributed by atoms with Gasteiger partial charge in [0.1, 0.15) is 5.69 Å². The van der Waals surface area contributed by atoms with Crippen LogP contribution in [0.25, 0.3) is 0 Å². The number of carbonyl (C=O) groups excluding carboxylic acids is 1. The molecule has 1 unspecified atom stereocenters. The SMILES string of the molecule is CCc1nn(C)c(C(=O)N2CCCCCC2C)c1N. The summed E-state index contributed by atoms with van der Waals surface area (Å²) in [6, 6.07) is 0.286. The maximum absolute atomic E-state index is 12.7. The van der Waals surface area contributed by atoms with Crippen LogP contribution < -0.4 is 5.73 Å². The van der Waals surface area contributed by atoms with Gasteiger partial charge in [0.25, 0.3) is 5.91 Å². The molecule has 1 amide bonds. The first-order valence-corrected chi connectivity index (χ1v) is 7.18. The van der Waals surface area contributed by atoms with E-state index in [9.17, 15) is 4.79 Å². The number of nitrogen functional groups attached to an aromatic ring is 1. The van der Waals surface area contributed by atoms with Crippen LogP contribution >= 0.6 is 0 Å². The van der Waals surface area contributed by atoms with E-state index in [2.05, 4.69) is 12.0 Å². The number of nitrogens with zero attached hydrogens (tertiary/aromatic N) is 3. The number of nitrogens with two attached hydrogens (primary N) is 1. The number of aromatic nitrogens is 2. The first-order valence-electron chi connectivity index (χ1n) is 7.18. The van der Waals surface area contributed by atoms with Gasteiger partial charge in [0.15, 0.2) is 0 Å². The average Bonchev–Trinajstić information content (AvgIpc) is 2.54. The minimum Gasteiger partial charge on any atom is -0.395 e. The molecular formula is C14H24N4O. The molecule has 0 saturated carbocycles. The molecule has 1 aromatic heterocycles. The Morgan fingerprint density at radius 2 is 2.16 bits per heavy atom. The maximum atomic E-state index is 12.7. The van der Waals surface area contributed by atoms with Crippen molar-refractivity contribution in [3.05, 3.63) is 11.4 Å². The van der Waals surface area contributed by atoms with Gasteiger partial charge in [-0.25, -0.2) is 0 Å². The lowest BCUT2D eigenvalue weighted by molar-refractivity contribution is 0.0687. The van der Waals surface area contributed by atoms with E-state index in [0.29, 0.717) is 11.4 Å². The van der Waals surface area contributed by atoms with Crippen LogP contribution in [0.15, 0.2) is 0 Å². The summed E-state index contributed by atoms with van der Waals surface area (Å²) in [4.78, 5) is 14.7. The zero-order valence-electron chi connectivity index (χ0n) is 12.1. The van der Waals surface area contributed by atoms with Gasteiger partial charge in [-0.05, 0) is 26.2 Å². The lowest BCUT2D eigenvalue weighted by Gasteiger charge is -2.27. The topological polar surface area (TPSA) is 64.2 Å². The smallest absolute Gasteiger partial charge is 0.274 e. The fourth-order valence-electron chi connectivity index (χ4n) is 2.82. The lowest BCUT2D eigenvalue weighted by Crippen LogP contribution is -2.39. The molecule has 1 aromatic rings. The lowest BCUT2D eigenvalue weighted by atomic mass is 10.1. The van der Waals surface area contributed by atoms with Gasteiger partial charge in [-0.15, -0.1) is 0 Å². The molecule has 2 rings (SSSR count).